The van der Waals surface area contributed by atoms with Gasteiger partial charge in [-0.1, -0.05) is 13.8 Å². The van der Waals surface area contributed by atoms with Crippen molar-refractivity contribution < 1.29 is 0 Å². The van der Waals surface area contributed by atoms with Crippen molar-refractivity contribution in [2.45, 2.75) is 40.7 Å². The van der Waals surface area contributed by atoms with Crippen molar-refractivity contribution in [3.05, 3.63) is 29.6 Å². The predicted molar refractivity (Wildman–Crippen MR) is 117 cm³/mol. The Kier molecular flexibility index (Phi) is 5.62. The summed E-state index contributed by atoms with van der Waals surface area (Å²) in [6, 6.07) is 4.00. The Hall–Kier alpha value is -2.74. The third-order valence-electron chi connectivity index (χ3n) is 5.30. The van der Waals surface area contributed by atoms with Crippen LogP contribution >= 0.6 is 0 Å². The highest BCUT2D eigenvalue weighted by atomic mass is 15.3. The zero-order valence-electron chi connectivity index (χ0n) is 17.7. The minimum atomic E-state index is 0.623. The van der Waals surface area contributed by atoms with Crippen LogP contribution < -0.4 is 15.5 Å². The van der Waals surface area contributed by atoms with Crippen molar-refractivity contribution in [3.8, 4) is 0 Å². The molecule has 0 atom stereocenters. The van der Waals surface area contributed by atoms with E-state index in [4.69, 9.17) is 15.1 Å². The number of piperazine rings is 1. The van der Waals surface area contributed by atoms with Crippen LogP contribution in [0.1, 0.15) is 31.5 Å². The summed E-state index contributed by atoms with van der Waals surface area (Å²) in [4.78, 5) is 16.4. The highest BCUT2D eigenvalue weighted by Gasteiger charge is 2.20. The molecule has 0 saturated carbocycles. The van der Waals surface area contributed by atoms with Crippen LogP contribution in [0, 0.1) is 19.8 Å². The number of fused-ring (bicyclic) bond motifs is 1. The lowest BCUT2D eigenvalue weighted by atomic mass is 10.1. The number of aromatic nitrogens is 5. The Bertz CT molecular complexity index is 988. The zero-order valence-corrected chi connectivity index (χ0v) is 17.7. The number of nitrogens with zero attached hydrogens (tertiary/aromatic N) is 6. The maximum Gasteiger partial charge on any atom is 0.228 e. The van der Waals surface area contributed by atoms with E-state index in [1.807, 2.05) is 12.1 Å². The van der Waals surface area contributed by atoms with Crippen LogP contribution in [-0.4, -0.2) is 50.9 Å². The lowest BCUT2D eigenvalue weighted by molar-refractivity contribution is 0.483. The Labute approximate surface area is 171 Å². The second-order valence-electron chi connectivity index (χ2n) is 8.14. The van der Waals surface area contributed by atoms with Gasteiger partial charge in [0.1, 0.15) is 11.3 Å². The summed E-state index contributed by atoms with van der Waals surface area (Å²) in [7, 11) is 0. The first kappa shape index (κ1) is 19.6. The number of rotatable bonds is 6. The standard InChI is InChI=1S/C21H30N8/c1-14(2)6-10-29-16(4)18-19(27-29)20(24-17-13-15(3)5-7-23-17)26-21(25-18)28-11-8-22-9-12-28/h5,7,13-14,22H,6,8-12H2,1-4H3,(H,23,24,25,26). The Balaban J connectivity index is 1.77. The molecule has 0 spiro atoms. The van der Waals surface area contributed by atoms with Gasteiger partial charge < -0.3 is 15.5 Å². The fourth-order valence-electron chi connectivity index (χ4n) is 3.53. The molecule has 29 heavy (non-hydrogen) atoms. The van der Waals surface area contributed by atoms with Gasteiger partial charge in [-0.05, 0) is 43.9 Å². The van der Waals surface area contributed by atoms with Crippen molar-refractivity contribution in [1.29, 1.82) is 0 Å². The van der Waals surface area contributed by atoms with Crippen molar-refractivity contribution in [2.75, 3.05) is 36.4 Å². The van der Waals surface area contributed by atoms with E-state index in [2.05, 4.69) is 52.9 Å². The molecule has 1 aliphatic heterocycles. The second-order valence-corrected chi connectivity index (χ2v) is 8.14. The summed E-state index contributed by atoms with van der Waals surface area (Å²) in [5.41, 5.74) is 3.94. The Morgan fingerprint density at radius 2 is 1.93 bits per heavy atom. The van der Waals surface area contributed by atoms with Gasteiger partial charge in [-0.15, -0.1) is 0 Å². The van der Waals surface area contributed by atoms with Gasteiger partial charge in [0.25, 0.3) is 0 Å². The molecular formula is C21H30N8. The SMILES string of the molecule is Cc1ccnc(Nc2nc(N3CCNCC3)nc3c(C)n(CCC(C)C)nc23)c1. The monoisotopic (exact) mass is 394 g/mol. The number of hydrogen-bond donors (Lipinski definition) is 2. The molecule has 8 nitrogen and oxygen atoms in total. The molecule has 2 N–H and O–H groups in total. The van der Waals surface area contributed by atoms with Gasteiger partial charge in [-0.2, -0.15) is 10.1 Å². The topological polar surface area (TPSA) is 83.8 Å². The average molecular weight is 395 g/mol. The molecule has 3 aromatic rings. The molecule has 8 heteroatoms. The van der Waals surface area contributed by atoms with E-state index in [0.717, 1.165) is 73.2 Å². The molecule has 0 aliphatic carbocycles. The summed E-state index contributed by atoms with van der Waals surface area (Å²) in [5.74, 6) is 2.86. The smallest absolute Gasteiger partial charge is 0.228 e. The minimum absolute atomic E-state index is 0.623. The van der Waals surface area contributed by atoms with Gasteiger partial charge in [-0.3, -0.25) is 4.68 Å². The number of hydrogen-bond acceptors (Lipinski definition) is 7. The largest absolute Gasteiger partial charge is 0.338 e. The Morgan fingerprint density at radius 3 is 2.66 bits per heavy atom. The summed E-state index contributed by atoms with van der Waals surface area (Å²) >= 11 is 0. The molecule has 4 rings (SSSR count). The molecule has 154 valence electrons. The van der Waals surface area contributed by atoms with E-state index in [0.29, 0.717) is 11.7 Å². The van der Waals surface area contributed by atoms with E-state index in [-0.39, 0.29) is 0 Å². The second kappa shape index (κ2) is 8.32. The van der Waals surface area contributed by atoms with E-state index >= 15 is 0 Å². The van der Waals surface area contributed by atoms with Crippen LogP contribution in [-0.2, 0) is 6.54 Å². The molecule has 1 fully saturated rings. The Morgan fingerprint density at radius 1 is 1.14 bits per heavy atom. The van der Waals surface area contributed by atoms with Crippen LogP contribution in [0.25, 0.3) is 11.0 Å². The fraction of sp³-hybridized carbons (Fsp3) is 0.524. The highest BCUT2D eigenvalue weighted by Crippen LogP contribution is 2.28. The van der Waals surface area contributed by atoms with Crippen LogP contribution in [0.5, 0.6) is 0 Å². The van der Waals surface area contributed by atoms with Gasteiger partial charge in [0, 0.05) is 38.9 Å². The van der Waals surface area contributed by atoms with Crippen molar-refractivity contribution in [3.63, 3.8) is 0 Å². The van der Waals surface area contributed by atoms with Crippen molar-refractivity contribution in [1.82, 2.24) is 30.0 Å². The first-order chi connectivity index (χ1) is 14.0. The zero-order chi connectivity index (χ0) is 20.4. The summed E-state index contributed by atoms with van der Waals surface area (Å²) in [6.45, 7) is 13.2. The van der Waals surface area contributed by atoms with Gasteiger partial charge in [-0.25, -0.2) is 9.97 Å². The van der Waals surface area contributed by atoms with Crippen molar-refractivity contribution in [2.24, 2.45) is 5.92 Å². The van der Waals surface area contributed by atoms with E-state index in [1.165, 1.54) is 0 Å². The van der Waals surface area contributed by atoms with Gasteiger partial charge in [0.2, 0.25) is 5.95 Å². The maximum atomic E-state index is 4.91. The van der Waals surface area contributed by atoms with E-state index in [1.54, 1.807) is 6.20 Å². The molecule has 0 amide bonds. The van der Waals surface area contributed by atoms with Crippen LogP contribution in [0.15, 0.2) is 18.3 Å². The third kappa shape index (κ3) is 4.32. The molecule has 1 aliphatic rings. The molecule has 0 radical (unpaired) electrons. The van der Waals surface area contributed by atoms with Gasteiger partial charge >= 0.3 is 0 Å². The summed E-state index contributed by atoms with van der Waals surface area (Å²) in [5, 5.41) is 11.6. The number of nitrogens with one attached hydrogen (secondary N) is 2. The summed E-state index contributed by atoms with van der Waals surface area (Å²) < 4.78 is 2.07. The lowest BCUT2D eigenvalue weighted by Gasteiger charge is -2.27. The first-order valence-electron chi connectivity index (χ1n) is 10.4. The quantitative estimate of drug-likeness (QED) is 0.665. The van der Waals surface area contributed by atoms with Gasteiger partial charge in [0.05, 0.1) is 5.69 Å². The van der Waals surface area contributed by atoms with E-state index < -0.39 is 0 Å². The molecular weight excluding hydrogens is 364 g/mol. The molecule has 0 bridgehead atoms. The highest BCUT2D eigenvalue weighted by molar-refractivity contribution is 5.89. The number of aryl methyl sites for hydroxylation is 3. The summed E-state index contributed by atoms with van der Waals surface area (Å²) in [6.07, 6.45) is 2.88. The molecule has 4 heterocycles. The predicted octanol–water partition coefficient (Wildman–Crippen LogP) is 3.04. The molecule has 0 unspecified atom stereocenters. The fourth-order valence-corrected chi connectivity index (χ4v) is 3.53. The minimum Gasteiger partial charge on any atom is -0.338 e. The average Bonchev–Trinajstić information content (AvgIpc) is 3.03. The number of pyridine rings is 1. The number of anilines is 3. The maximum absolute atomic E-state index is 4.91. The third-order valence-corrected chi connectivity index (χ3v) is 5.30. The molecule has 1 saturated heterocycles. The molecule has 0 aromatic carbocycles. The molecule has 3 aromatic heterocycles. The van der Waals surface area contributed by atoms with Crippen LogP contribution in [0.2, 0.25) is 0 Å². The first-order valence-corrected chi connectivity index (χ1v) is 10.4. The van der Waals surface area contributed by atoms with Crippen molar-refractivity contribution >= 4 is 28.6 Å². The van der Waals surface area contributed by atoms with E-state index in [9.17, 15) is 0 Å². The van der Waals surface area contributed by atoms with Gasteiger partial charge in [0.15, 0.2) is 11.3 Å². The van der Waals surface area contributed by atoms with Crippen LogP contribution in [0.3, 0.4) is 0 Å². The lowest BCUT2D eigenvalue weighted by Crippen LogP contribution is -2.44. The van der Waals surface area contributed by atoms with Crippen LogP contribution in [0.4, 0.5) is 17.6 Å². The normalized spacial score (nSPS) is 14.7.